The van der Waals surface area contributed by atoms with Crippen LogP contribution >= 0.6 is 36.2 Å². The van der Waals surface area contributed by atoms with Crippen molar-refractivity contribution >= 4 is 36.2 Å². The number of piperazine rings is 1. The van der Waals surface area contributed by atoms with Crippen LogP contribution < -0.4 is 5.32 Å². The molecule has 1 saturated heterocycles. The molecule has 0 amide bonds. The first kappa shape index (κ1) is 17.4. The Kier molecular flexibility index (Phi) is 6.91. The Bertz CT molecular complexity index is 499. The van der Waals surface area contributed by atoms with E-state index >= 15 is 0 Å². The summed E-state index contributed by atoms with van der Waals surface area (Å²) < 4.78 is 5.39. The fourth-order valence-electron chi connectivity index (χ4n) is 2.14. The normalized spacial score (nSPS) is 17.1. The van der Waals surface area contributed by atoms with E-state index in [-0.39, 0.29) is 30.9 Å². The number of hydrogen-bond acceptors (Lipinski definition) is 6. The van der Waals surface area contributed by atoms with Crippen molar-refractivity contribution in [3.05, 3.63) is 23.4 Å². The van der Waals surface area contributed by atoms with Crippen molar-refractivity contribution in [3.8, 4) is 10.7 Å². The van der Waals surface area contributed by atoms with Gasteiger partial charge in [0, 0.05) is 26.2 Å². The Morgan fingerprint density at radius 3 is 2.75 bits per heavy atom. The molecule has 0 radical (unpaired) electrons. The average molecular weight is 337 g/mol. The molecular weight excluding hydrogens is 319 g/mol. The first-order valence-corrected chi connectivity index (χ1v) is 7.05. The van der Waals surface area contributed by atoms with Gasteiger partial charge in [-0.2, -0.15) is 4.98 Å². The highest BCUT2D eigenvalue weighted by Gasteiger charge is 2.23. The molecule has 1 atom stereocenters. The molecule has 1 fully saturated rings. The Hall–Kier alpha value is -0.660. The number of rotatable bonds is 3. The van der Waals surface area contributed by atoms with Gasteiger partial charge in [0.25, 0.3) is 0 Å². The monoisotopic (exact) mass is 336 g/mol. The van der Waals surface area contributed by atoms with Crippen LogP contribution in [0.4, 0.5) is 0 Å². The lowest BCUT2D eigenvalue weighted by Gasteiger charge is -2.30. The van der Waals surface area contributed by atoms with E-state index in [1.54, 1.807) is 11.3 Å². The van der Waals surface area contributed by atoms with E-state index in [2.05, 4.69) is 27.3 Å². The quantitative estimate of drug-likeness (QED) is 0.933. The lowest BCUT2D eigenvalue weighted by atomic mass is 10.2. The second kappa shape index (κ2) is 7.95. The first-order valence-electron chi connectivity index (χ1n) is 6.17. The summed E-state index contributed by atoms with van der Waals surface area (Å²) in [4.78, 5) is 7.91. The van der Waals surface area contributed by atoms with E-state index in [1.807, 2.05) is 17.5 Å². The minimum Gasteiger partial charge on any atom is -0.337 e. The number of hydrogen-bond donors (Lipinski definition) is 1. The molecule has 1 aliphatic heterocycles. The van der Waals surface area contributed by atoms with Crippen LogP contribution in [-0.4, -0.2) is 41.2 Å². The van der Waals surface area contributed by atoms with Gasteiger partial charge < -0.3 is 9.84 Å². The summed E-state index contributed by atoms with van der Waals surface area (Å²) in [7, 11) is 0. The summed E-state index contributed by atoms with van der Waals surface area (Å²) in [6, 6.07) is 4.19. The van der Waals surface area contributed by atoms with E-state index < -0.39 is 0 Å². The lowest BCUT2D eigenvalue weighted by Crippen LogP contribution is -2.44. The largest absolute Gasteiger partial charge is 0.337 e. The maximum Gasteiger partial charge on any atom is 0.244 e. The first-order chi connectivity index (χ1) is 8.84. The lowest BCUT2D eigenvalue weighted by molar-refractivity contribution is 0.154. The van der Waals surface area contributed by atoms with E-state index in [9.17, 15) is 0 Å². The van der Waals surface area contributed by atoms with Crippen molar-refractivity contribution < 1.29 is 4.52 Å². The van der Waals surface area contributed by atoms with Gasteiger partial charge in [-0.1, -0.05) is 11.2 Å². The zero-order valence-electron chi connectivity index (χ0n) is 11.1. The van der Waals surface area contributed by atoms with Crippen molar-refractivity contribution in [2.75, 3.05) is 26.2 Å². The van der Waals surface area contributed by atoms with Gasteiger partial charge in [-0.05, 0) is 18.4 Å². The molecule has 1 unspecified atom stereocenters. The fraction of sp³-hybridized carbons (Fsp3) is 0.500. The molecule has 112 valence electrons. The van der Waals surface area contributed by atoms with Crippen LogP contribution in [0.25, 0.3) is 10.7 Å². The summed E-state index contributed by atoms with van der Waals surface area (Å²) in [5, 5.41) is 9.42. The Morgan fingerprint density at radius 2 is 2.10 bits per heavy atom. The third-order valence-electron chi connectivity index (χ3n) is 3.24. The number of nitrogens with zero attached hydrogens (tertiary/aromatic N) is 3. The molecule has 20 heavy (non-hydrogen) atoms. The molecule has 8 heteroatoms. The Balaban J connectivity index is 0.000001000. The van der Waals surface area contributed by atoms with E-state index in [1.165, 1.54) is 0 Å². The maximum atomic E-state index is 5.39. The SMILES string of the molecule is CC(c1nc(-c2cccs2)no1)N1CCNCC1.Cl.Cl. The number of aromatic nitrogens is 2. The summed E-state index contributed by atoms with van der Waals surface area (Å²) >= 11 is 1.63. The van der Waals surface area contributed by atoms with Crippen molar-refractivity contribution in [1.82, 2.24) is 20.4 Å². The van der Waals surface area contributed by atoms with Crippen molar-refractivity contribution in [2.45, 2.75) is 13.0 Å². The smallest absolute Gasteiger partial charge is 0.244 e. The Labute approximate surface area is 134 Å². The van der Waals surface area contributed by atoms with Gasteiger partial charge in [-0.3, -0.25) is 4.90 Å². The highest BCUT2D eigenvalue weighted by atomic mass is 35.5. The van der Waals surface area contributed by atoms with Gasteiger partial charge in [-0.15, -0.1) is 36.2 Å². The predicted molar refractivity (Wildman–Crippen MR) is 85.0 cm³/mol. The number of thiophene rings is 1. The molecule has 0 bridgehead atoms. The predicted octanol–water partition coefficient (Wildman–Crippen LogP) is 2.61. The molecule has 0 spiro atoms. The zero-order valence-corrected chi connectivity index (χ0v) is 13.6. The third kappa shape index (κ3) is 3.71. The van der Waals surface area contributed by atoms with Crippen molar-refractivity contribution in [2.24, 2.45) is 0 Å². The summed E-state index contributed by atoms with van der Waals surface area (Å²) in [5.41, 5.74) is 0. The van der Waals surface area contributed by atoms with Gasteiger partial charge >= 0.3 is 0 Å². The molecule has 1 N–H and O–H groups in total. The molecule has 3 rings (SSSR count). The minimum atomic E-state index is 0. The highest BCUT2D eigenvalue weighted by Crippen LogP contribution is 2.25. The van der Waals surface area contributed by atoms with Crippen molar-refractivity contribution in [1.29, 1.82) is 0 Å². The summed E-state index contributed by atoms with van der Waals surface area (Å²) in [6.07, 6.45) is 0. The number of nitrogens with one attached hydrogen (secondary N) is 1. The van der Waals surface area contributed by atoms with Crippen molar-refractivity contribution in [3.63, 3.8) is 0 Å². The molecule has 5 nitrogen and oxygen atoms in total. The van der Waals surface area contributed by atoms with Gasteiger partial charge in [0.15, 0.2) is 0 Å². The van der Waals surface area contributed by atoms with E-state index in [0.29, 0.717) is 11.7 Å². The van der Waals surface area contributed by atoms with Gasteiger partial charge in [0.1, 0.15) is 0 Å². The van der Waals surface area contributed by atoms with Crippen LogP contribution in [0, 0.1) is 0 Å². The van der Waals surface area contributed by atoms with Gasteiger partial charge in [0.2, 0.25) is 11.7 Å². The summed E-state index contributed by atoms with van der Waals surface area (Å²) in [6.45, 7) is 6.22. The molecule has 3 heterocycles. The summed E-state index contributed by atoms with van der Waals surface area (Å²) in [5.74, 6) is 1.40. The highest BCUT2D eigenvalue weighted by molar-refractivity contribution is 7.13. The van der Waals surface area contributed by atoms with Crippen LogP contribution in [-0.2, 0) is 0 Å². The van der Waals surface area contributed by atoms with E-state index in [0.717, 1.165) is 31.1 Å². The Morgan fingerprint density at radius 1 is 1.35 bits per heavy atom. The van der Waals surface area contributed by atoms with E-state index in [4.69, 9.17) is 4.52 Å². The van der Waals surface area contributed by atoms with Gasteiger partial charge in [0.05, 0.1) is 10.9 Å². The van der Waals surface area contributed by atoms with Crippen LogP contribution in [0.3, 0.4) is 0 Å². The fourth-order valence-corrected chi connectivity index (χ4v) is 2.79. The molecular formula is C12H18Cl2N4OS. The van der Waals surface area contributed by atoms with Gasteiger partial charge in [-0.25, -0.2) is 0 Å². The van der Waals surface area contributed by atoms with Crippen LogP contribution in [0.5, 0.6) is 0 Å². The second-order valence-corrected chi connectivity index (χ2v) is 5.34. The van der Waals surface area contributed by atoms with Crippen LogP contribution in [0.1, 0.15) is 18.9 Å². The number of halogens is 2. The maximum absolute atomic E-state index is 5.39. The molecule has 2 aromatic rings. The topological polar surface area (TPSA) is 54.2 Å². The minimum absolute atomic E-state index is 0. The molecule has 0 aromatic carbocycles. The standard InChI is InChI=1S/C12H16N4OS.2ClH/c1-9(16-6-4-13-5-7-16)12-14-11(15-17-12)10-3-2-8-18-10;;/h2-3,8-9,13H,4-7H2,1H3;2*1H. The second-order valence-electron chi connectivity index (χ2n) is 4.40. The molecule has 1 aliphatic rings. The average Bonchev–Trinajstić information content (AvgIpc) is 3.09. The molecule has 0 aliphatic carbocycles. The van der Waals surface area contributed by atoms with Crippen LogP contribution in [0.2, 0.25) is 0 Å². The third-order valence-corrected chi connectivity index (χ3v) is 4.11. The molecule has 0 saturated carbocycles. The molecule has 2 aromatic heterocycles. The van der Waals surface area contributed by atoms with Crippen LogP contribution in [0.15, 0.2) is 22.0 Å². The zero-order chi connectivity index (χ0) is 12.4.